The van der Waals surface area contributed by atoms with E-state index in [2.05, 4.69) is 17.4 Å². The van der Waals surface area contributed by atoms with Crippen LogP contribution in [0.4, 0.5) is 5.69 Å². The summed E-state index contributed by atoms with van der Waals surface area (Å²) in [6.45, 7) is 1.12. The minimum atomic E-state index is 0. The third-order valence-corrected chi connectivity index (χ3v) is 1.86. The Morgan fingerprint density at radius 3 is 3.18 bits per heavy atom. The van der Waals surface area contributed by atoms with Crippen molar-refractivity contribution in [3.8, 4) is 0 Å². The minimum absolute atomic E-state index is 0. The fourth-order valence-electron chi connectivity index (χ4n) is 1.33. The summed E-state index contributed by atoms with van der Waals surface area (Å²) in [6.07, 6.45) is 2.43. The van der Waals surface area contributed by atoms with Crippen LogP contribution in [0, 0.1) is 6.07 Å². The number of fused-ring (bicyclic) bond motifs is 1. The van der Waals surface area contributed by atoms with Gasteiger partial charge in [0.2, 0.25) is 0 Å². The summed E-state index contributed by atoms with van der Waals surface area (Å²) < 4.78 is 0. The Morgan fingerprint density at radius 2 is 2.36 bits per heavy atom. The van der Waals surface area contributed by atoms with Crippen LogP contribution in [-0.2, 0) is 6.42 Å². The molecule has 0 saturated carbocycles. The fourth-order valence-corrected chi connectivity index (χ4v) is 1.33. The predicted molar refractivity (Wildman–Crippen MR) is 42.1 cm³/mol. The van der Waals surface area contributed by atoms with E-state index in [1.54, 1.807) is 0 Å². The summed E-state index contributed by atoms with van der Waals surface area (Å²) in [6, 6.07) is 9.35. The molecule has 1 nitrogen and oxygen atoms in total. The summed E-state index contributed by atoms with van der Waals surface area (Å²) >= 11 is 0. The molecule has 1 N–H and O–H groups in total. The van der Waals surface area contributed by atoms with Crippen LogP contribution >= 0.6 is 0 Å². The van der Waals surface area contributed by atoms with E-state index in [9.17, 15) is 0 Å². The molecule has 0 fully saturated rings. The third kappa shape index (κ3) is 1.98. The van der Waals surface area contributed by atoms with Gasteiger partial charge in [-0.1, -0.05) is 5.69 Å². The maximum absolute atomic E-state index is 3.33. The second-order valence-electron chi connectivity index (χ2n) is 2.59. The number of aryl methyl sites for hydroxylation is 1. The van der Waals surface area contributed by atoms with Crippen molar-refractivity contribution in [2.45, 2.75) is 12.8 Å². The number of rotatable bonds is 0. The molecule has 0 atom stereocenters. The third-order valence-electron chi connectivity index (χ3n) is 1.86. The molecule has 1 aromatic rings. The molecule has 1 heterocycles. The molecule has 0 unspecified atom stereocenters. The average molecular weight is 155 g/mol. The molecule has 2 rings (SSSR count). The number of nitrogens with one attached hydrogen (secondary N) is 1. The molecular formula is C9H10NNa. The molecule has 0 amide bonds. The van der Waals surface area contributed by atoms with Crippen molar-refractivity contribution < 1.29 is 29.6 Å². The van der Waals surface area contributed by atoms with Gasteiger partial charge in [-0.3, -0.25) is 0 Å². The van der Waals surface area contributed by atoms with Gasteiger partial charge in [-0.25, -0.2) is 0 Å². The molecule has 0 bridgehead atoms. The molecule has 0 radical (unpaired) electrons. The van der Waals surface area contributed by atoms with Gasteiger partial charge in [-0.15, -0.1) is 11.6 Å². The van der Waals surface area contributed by atoms with Gasteiger partial charge in [-0.2, -0.15) is 18.2 Å². The van der Waals surface area contributed by atoms with E-state index in [1.165, 1.54) is 24.1 Å². The van der Waals surface area contributed by atoms with E-state index in [-0.39, 0.29) is 29.6 Å². The van der Waals surface area contributed by atoms with Gasteiger partial charge >= 0.3 is 29.6 Å². The first kappa shape index (κ1) is 9.11. The van der Waals surface area contributed by atoms with Gasteiger partial charge in [0.25, 0.3) is 0 Å². The zero-order valence-electron chi connectivity index (χ0n) is 6.85. The molecule has 0 saturated heterocycles. The van der Waals surface area contributed by atoms with Crippen molar-refractivity contribution in [1.29, 1.82) is 0 Å². The molecule has 1 aliphatic heterocycles. The Morgan fingerprint density at radius 1 is 1.45 bits per heavy atom. The first-order chi connectivity index (χ1) is 4.97. The van der Waals surface area contributed by atoms with Crippen molar-refractivity contribution in [2.24, 2.45) is 0 Å². The van der Waals surface area contributed by atoms with Gasteiger partial charge in [0.15, 0.2) is 0 Å². The quantitative estimate of drug-likeness (QED) is 0.368. The van der Waals surface area contributed by atoms with Gasteiger partial charge in [0.1, 0.15) is 0 Å². The first-order valence-corrected chi connectivity index (χ1v) is 3.70. The van der Waals surface area contributed by atoms with Crippen LogP contribution < -0.4 is 34.9 Å². The minimum Gasteiger partial charge on any atom is -0.436 e. The van der Waals surface area contributed by atoms with E-state index < -0.39 is 0 Å². The predicted octanol–water partition coefficient (Wildman–Crippen LogP) is -1.15. The second kappa shape index (κ2) is 4.15. The normalized spacial score (nSPS) is 14.2. The zero-order valence-corrected chi connectivity index (χ0v) is 8.85. The zero-order chi connectivity index (χ0) is 6.81. The molecular weight excluding hydrogens is 145 g/mol. The van der Waals surface area contributed by atoms with E-state index in [4.69, 9.17) is 0 Å². The fraction of sp³-hybridized carbons (Fsp3) is 0.333. The summed E-state index contributed by atoms with van der Waals surface area (Å²) in [5.41, 5.74) is 2.61. The second-order valence-corrected chi connectivity index (χ2v) is 2.59. The van der Waals surface area contributed by atoms with Gasteiger partial charge in [0, 0.05) is 6.54 Å². The van der Waals surface area contributed by atoms with Crippen LogP contribution in [0.3, 0.4) is 0 Å². The van der Waals surface area contributed by atoms with E-state index in [0.29, 0.717) is 0 Å². The van der Waals surface area contributed by atoms with Crippen LogP contribution in [0.15, 0.2) is 18.2 Å². The summed E-state index contributed by atoms with van der Waals surface area (Å²) in [5, 5.41) is 3.33. The van der Waals surface area contributed by atoms with Crippen LogP contribution in [0.1, 0.15) is 12.0 Å². The first-order valence-electron chi connectivity index (χ1n) is 3.70. The summed E-state index contributed by atoms with van der Waals surface area (Å²) in [7, 11) is 0. The van der Waals surface area contributed by atoms with Gasteiger partial charge < -0.3 is 5.32 Å². The standard InChI is InChI=1S/C9H10N.Na/c1-2-6-9-8(4-1)5-3-7-10-9;/h1-2,6,10H,3,5,7H2;/q-1;+1. The van der Waals surface area contributed by atoms with Crippen LogP contribution in [-0.4, -0.2) is 6.54 Å². The molecule has 0 aliphatic carbocycles. The summed E-state index contributed by atoms with van der Waals surface area (Å²) in [4.78, 5) is 0. The van der Waals surface area contributed by atoms with Crippen molar-refractivity contribution >= 4 is 5.69 Å². The maximum Gasteiger partial charge on any atom is 1.00 e. The van der Waals surface area contributed by atoms with E-state index >= 15 is 0 Å². The monoisotopic (exact) mass is 155 g/mol. The molecule has 2 heteroatoms. The number of hydrogen-bond donors (Lipinski definition) is 1. The number of anilines is 1. The van der Waals surface area contributed by atoms with Gasteiger partial charge in [-0.05, 0) is 12.8 Å². The maximum atomic E-state index is 3.33. The Labute approximate surface area is 89.5 Å². The Bertz CT molecular complexity index is 210. The molecule has 52 valence electrons. The average Bonchev–Trinajstić information content (AvgIpc) is 2.05. The van der Waals surface area contributed by atoms with Crippen LogP contribution in [0.5, 0.6) is 0 Å². The van der Waals surface area contributed by atoms with Crippen molar-refractivity contribution in [2.75, 3.05) is 11.9 Å². The Hall–Kier alpha value is 0.0200. The van der Waals surface area contributed by atoms with E-state index in [1.807, 2.05) is 12.1 Å². The Kier molecular flexibility index (Phi) is 3.44. The molecule has 0 aromatic heterocycles. The van der Waals surface area contributed by atoms with Crippen molar-refractivity contribution in [3.05, 3.63) is 29.8 Å². The molecule has 1 aromatic carbocycles. The van der Waals surface area contributed by atoms with Crippen LogP contribution in [0.25, 0.3) is 0 Å². The van der Waals surface area contributed by atoms with Crippen molar-refractivity contribution in [1.82, 2.24) is 0 Å². The SMILES string of the molecule is [Na+].[c-]1cccc2c1CCCN2. The molecule has 0 spiro atoms. The molecule has 1 aliphatic rings. The van der Waals surface area contributed by atoms with Crippen molar-refractivity contribution in [3.63, 3.8) is 0 Å². The van der Waals surface area contributed by atoms with Crippen LogP contribution in [0.2, 0.25) is 0 Å². The number of benzene rings is 1. The summed E-state index contributed by atoms with van der Waals surface area (Å²) in [5.74, 6) is 0. The Balaban J connectivity index is 0.000000605. The van der Waals surface area contributed by atoms with Gasteiger partial charge in [0.05, 0.1) is 0 Å². The van der Waals surface area contributed by atoms with E-state index in [0.717, 1.165) is 6.54 Å². The smallest absolute Gasteiger partial charge is 0.436 e. The number of hydrogen-bond acceptors (Lipinski definition) is 1. The topological polar surface area (TPSA) is 12.0 Å². The largest absolute Gasteiger partial charge is 1.00 e. The molecule has 11 heavy (non-hydrogen) atoms.